The lowest BCUT2D eigenvalue weighted by molar-refractivity contribution is -0.129. The van der Waals surface area contributed by atoms with Crippen LogP contribution >= 0.6 is 11.6 Å². The first-order valence-corrected chi connectivity index (χ1v) is 13.3. The molecule has 5 heteroatoms. The van der Waals surface area contributed by atoms with E-state index in [2.05, 4.69) is 36.1 Å². The Hall–Kier alpha value is -3.73. The van der Waals surface area contributed by atoms with Crippen molar-refractivity contribution < 1.29 is 9.59 Å². The predicted molar refractivity (Wildman–Crippen MR) is 152 cm³/mol. The van der Waals surface area contributed by atoms with Crippen LogP contribution in [0.4, 0.5) is 5.69 Å². The van der Waals surface area contributed by atoms with Crippen LogP contribution in [-0.4, -0.2) is 30.2 Å². The molecule has 4 nitrogen and oxygen atoms in total. The number of likely N-dealkylation sites (tertiary alicyclic amines) is 1. The fourth-order valence-corrected chi connectivity index (χ4v) is 6.66. The first-order valence-electron chi connectivity index (χ1n) is 12.9. The monoisotopic (exact) mass is 520 g/mol. The quantitative estimate of drug-likeness (QED) is 0.278. The van der Waals surface area contributed by atoms with Gasteiger partial charge in [0.2, 0.25) is 0 Å². The van der Waals surface area contributed by atoms with E-state index in [-0.39, 0.29) is 17.6 Å². The number of carbonyl (C=O) groups is 2. The molecule has 190 valence electrons. The molecule has 0 saturated carbocycles. The van der Waals surface area contributed by atoms with Gasteiger partial charge in [-0.05, 0) is 43.3 Å². The molecule has 4 aromatic rings. The molecule has 0 aliphatic carbocycles. The smallest absolute Gasteiger partial charge is 0.253 e. The van der Waals surface area contributed by atoms with E-state index in [4.69, 9.17) is 11.6 Å². The summed E-state index contributed by atoms with van der Waals surface area (Å²) in [5.41, 5.74) is 4.43. The van der Waals surface area contributed by atoms with Crippen LogP contribution in [-0.2, 0) is 16.9 Å². The van der Waals surface area contributed by atoms with Crippen molar-refractivity contribution in [2.45, 2.75) is 24.9 Å². The van der Waals surface area contributed by atoms with Gasteiger partial charge in [0.1, 0.15) is 5.54 Å². The van der Waals surface area contributed by atoms with Crippen molar-refractivity contribution >= 4 is 29.0 Å². The molecule has 1 amide bonds. The molecule has 3 atom stereocenters. The summed E-state index contributed by atoms with van der Waals surface area (Å²) < 4.78 is 0. The van der Waals surface area contributed by atoms with E-state index in [0.29, 0.717) is 23.7 Å². The van der Waals surface area contributed by atoms with Crippen molar-refractivity contribution in [2.24, 2.45) is 5.92 Å². The Morgan fingerprint density at radius 2 is 1.63 bits per heavy atom. The Bertz CT molecular complexity index is 1520. The fourth-order valence-electron chi connectivity index (χ4n) is 6.44. The molecule has 1 saturated heterocycles. The van der Waals surface area contributed by atoms with Crippen molar-refractivity contribution in [1.29, 1.82) is 0 Å². The van der Waals surface area contributed by atoms with Crippen molar-refractivity contribution in [3.8, 4) is 0 Å². The van der Waals surface area contributed by atoms with Gasteiger partial charge in [0.05, 0.1) is 12.5 Å². The minimum atomic E-state index is -1.11. The van der Waals surface area contributed by atoms with E-state index in [1.54, 1.807) is 0 Å². The molecule has 2 heterocycles. The number of rotatable bonds is 5. The van der Waals surface area contributed by atoms with Crippen LogP contribution in [0.25, 0.3) is 0 Å². The van der Waals surface area contributed by atoms with Gasteiger partial charge in [-0.2, -0.15) is 0 Å². The number of aryl methyl sites for hydroxylation is 1. The van der Waals surface area contributed by atoms with E-state index < -0.39 is 11.5 Å². The Balaban J connectivity index is 1.54. The summed E-state index contributed by atoms with van der Waals surface area (Å²) >= 11 is 6.28. The third-order valence-corrected chi connectivity index (χ3v) is 8.41. The number of Topliss-reactive ketones (excluding diaryl/α,β-unsaturated/α-hetero) is 1. The number of nitrogens with zero attached hydrogens (tertiary/aromatic N) is 2. The number of amides is 1. The van der Waals surface area contributed by atoms with Gasteiger partial charge in [-0.3, -0.25) is 14.5 Å². The molecule has 6 rings (SSSR count). The van der Waals surface area contributed by atoms with Gasteiger partial charge >= 0.3 is 0 Å². The number of anilines is 1. The highest BCUT2D eigenvalue weighted by molar-refractivity contribution is 6.30. The number of hydrogen-bond acceptors (Lipinski definition) is 3. The number of para-hydroxylation sites is 1. The molecule has 0 unspecified atom stereocenters. The molecule has 1 spiro atoms. The van der Waals surface area contributed by atoms with Crippen molar-refractivity contribution in [3.05, 3.63) is 136 Å². The van der Waals surface area contributed by atoms with Crippen LogP contribution in [0.3, 0.4) is 0 Å². The SMILES string of the molecule is Cc1ccc([C@@H]2CN(C)[C@]3(C(=O)N(Cc4cccc(Cl)c4)c4ccccc43)[C@@H]2C(=O)c2ccccc2)cc1. The third kappa shape index (κ3) is 3.79. The molecule has 0 N–H and O–H groups in total. The van der Waals surface area contributed by atoms with E-state index in [0.717, 1.165) is 27.9 Å². The number of carbonyl (C=O) groups excluding carboxylic acids is 2. The summed E-state index contributed by atoms with van der Waals surface area (Å²) in [6.45, 7) is 3.04. The average molecular weight is 521 g/mol. The number of benzene rings is 4. The minimum absolute atomic E-state index is 0.00622. The number of hydrogen-bond donors (Lipinski definition) is 0. The summed E-state index contributed by atoms with van der Waals surface area (Å²) in [6, 6.07) is 33.3. The summed E-state index contributed by atoms with van der Waals surface area (Å²) in [5, 5.41) is 0.631. The predicted octanol–water partition coefficient (Wildman–Crippen LogP) is 6.62. The molecule has 1 fully saturated rings. The minimum Gasteiger partial charge on any atom is -0.306 e. The lowest BCUT2D eigenvalue weighted by atomic mass is 9.70. The van der Waals surface area contributed by atoms with Crippen LogP contribution in [0.15, 0.2) is 103 Å². The zero-order chi connectivity index (χ0) is 26.4. The van der Waals surface area contributed by atoms with Crippen LogP contribution in [0.2, 0.25) is 5.02 Å². The molecule has 4 aromatic carbocycles. The zero-order valence-corrected chi connectivity index (χ0v) is 22.2. The maximum atomic E-state index is 14.8. The highest BCUT2D eigenvalue weighted by Gasteiger charge is 2.66. The molecule has 0 bridgehead atoms. The maximum Gasteiger partial charge on any atom is 0.253 e. The second-order valence-electron chi connectivity index (χ2n) is 10.4. The van der Waals surface area contributed by atoms with Gasteiger partial charge in [0.25, 0.3) is 5.91 Å². The van der Waals surface area contributed by atoms with Crippen molar-refractivity contribution in [2.75, 3.05) is 18.5 Å². The van der Waals surface area contributed by atoms with E-state index >= 15 is 0 Å². The van der Waals surface area contributed by atoms with Gasteiger partial charge in [-0.1, -0.05) is 102 Å². The van der Waals surface area contributed by atoms with E-state index in [1.165, 1.54) is 0 Å². The normalized spacial score (nSPS) is 22.7. The summed E-state index contributed by atoms with van der Waals surface area (Å²) in [4.78, 5) is 33.2. The first kappa shape index (κ1) is 24.6. The van der Waals surface area contributed by atoms with Crippen LogP contribution in [0.5, 0.6) is 0 Å². The van der Waals surface area contributed by atoms with E-state index in [1.807, 2.05) is 90.8 Å². The van der Waals surface area contributed by atoms with Gasteiger partial charge in [-0.15, -0.1) is 0 Å². The number of likely N-dealkylation sites (N-methyl/N-ethyl adjacent to an activating group) is 1. The second-order valence-corrected chi connectivity index (χ2v) is 10.8. The Labute approximate surface area is 228 Å². The highest BCUT2D eigenvalue weighted by Crippen LogP contribution is 2.57. The molecule has 2 aliphatic rings. The molecule has 2 aliphatic heterocycles. The van der Waals surface area contributed by atoms with E-state index in [9.17, 15) is 9.59 Å². The Morgan fingerprint density at radius 1 is 0.921 bits per heavy atom. The van der Waals surface area contributed by atoms with Gasteiger partial charge in [0.15, 0.2) is 5.78 Å². The van der Waals surface area contributed by atoms with Crippen molar-refractivity contribution in [1.82, 2.24) is 4.90 Å². The van der Waals surface area contributed by atoms with Gasteiger partial charge in [0, 0.05) is 34.3 Å². The summed E-state index contributed by atoms with van der Waals surface area (Å²) in [6.07, 6.45) is 0. The summed E-state index contributed by atoms with van der Waals surface area (Å²) in [5.74, 6) is -0.801. The van der Waals surface area contributed by atoms with Gasteiger partial charge < -0.3 is 4.90 Å². The maximum absolute atomic E-state index is 14.8. The lowest BCUT2D eigenvalue weighted by Crippen LogP contribution is -2.53. The summed E-state index contributed by atoms with van der Waals surface area (Å²) in [7, 11) is 1.98. The Kier molecular flexibility index (Phi) is 6.17. The lowest BCUT2D eigenvalue weighted by Gasteiger charge is -2.36. The van der Waals surface area contributed by atoms with Crippen LogP contribution in [0, 0.1) is 12.8 Å². The Morgan fingerprint density at radius 3 is 2.37 bits per heavy atom. The molecule has 0 aromatic heterocycles. The van der Waals surface area contributed by atoms with Gasteiger partial charge in [-0.25, -0.2) is 0 Å². The number of fused-ring (bicyclic) bond motifs is 2. The number of halogens is 1. The fraction of sp³-hybridized carbons (Fsp3) is 0.212. The first-order chi connectivity index (χ1) is 18.4. The van der Waals surface area contributed by atoms with Crippen LogP contribution < -0.4 is 4.90 Å². The standard InChI is InChI=1S/C33H29ClN2O2/c1-22-15-17-24(18-16-22)27-21-35(2)33(30(27)31(37)25-10-4-3-5-11-25)28-13-6-7-14-29(28)36(32(33)38)20-23-9-8-12-26(34)19-23/h3-19,27,30H,20-21H2,1-2H3/t27-,30-,33-/m0/s1. The zero-order valence-electron chi connectivity index (χ0n) is 21.5. The average Bonchev–Trinajstić information content (AvgIpc) is 3.37. The molecular formula is C33H29ClN2O2. The largest absolute Gasteiger partial charge is 0.306 e. The molecule has 0 radical (unpaired) electrons. The van der Waals surface area contributed by atoms with Crippen LogP contribution in [0.1, 0.15) is 38.5 Å². The topological polar surface area (TPSA) is 40.6 Å². The third-order valence-electron chi connectivity index (χ3n) is 8.18. The van der Waals surface area contributed by atoms with Crippen molar-refractivity contribution in [3.63, 3.8) is 0 Å². The number of ketones is 1. The molecule has 38 heavy (non-hydrogen) atoms. The highest BCUT2D eigenvalue weighted by atomic mass is 35.5. The second kappa shape index (κ2) is 9.54. The molecular weight excluding hydrogens is 492 g/mol.